The van der Waals surface area contributed by atoms with E-state index >= 15 is 0 Å². The first-order valence-corrected chi connectivity index (χ1v) is 6.78. The zero-order valence-corrected chi connectivity index (χ0v) is 11.6. The van der Waals surface area contributed by atoms with E-state index in [1.54, 1.807) is 13.8 Å². The highest BCUT2D eigenvalue weighted by molar-refractivity contribution is 5.96. The fourth-order valence-corrected chi connectivity index (χ4v) is 2.08. The zero-order valence-electron chi connectivity index (χ0n) is 11.6. The van der Waals surface area contributed by atoms with Gasteiger partial charge in [-0.1, -0.05) is 0 Å². The van der Waals surface area contributed by atoms with Gasteiger partial charge in [-0.3, -0.25) is 4.79 Å². The van der Waals surface area contributed by atoms with E-state index in [0.717, 1.165) is 18.8 Å². The Hall–Kier alpha value is -1.62. The Morgan fingerprint density at radius 3 is 2.53 bits per heavy atom. The molecule has 0 aliphatic carbocycles. The van der Waals surface area contributed by atoms with Gasteiger partial charge in [0.05, 0.1) is 17.4 Å². The molecular formula is C14H22N4O. The first-order chi connectivity index (χ1) is 8.97. The molecule has 19 heavy (non-hydrogen) atoms. The number of rotatable bonds is 3. The van der Waals surface area contributed by atoms with E-state index in [-0.39, 0.29) is 5.91 Å². The number of nitrogens with two attached hydrogens (primary N) is 1. The lowest BCUT2D eigenvalue weighted by Gasteiger charge is -2.28. The molecule has 0 spiro atoms. The molecule has 1 aliphatic rings. The van der Waals surface area contributed by atoms with Crippen LogP contribution in [0.2, 0.25) is 0 Å². The maximum Gasteiger partial charge on any atom is 0.245 e. The number of nitrogens with one attached hydrogen (secondary N) is 1. The summed E-state index contributed by atoms with van der Waals surface area (Å²) in [5.74, 6) is 0.315. The van der Waals surface area contributed by atoms with Crippen molar-refractivity contribution in [1.29, 1.82) is 0 Å². The molecule has 2 rings (SSSR count). The van der Waals surface area contributed by atoms with Gasteiger partial charge in [0, 0.05) is 13.1 Å². The highest BCUT2D eigenvalue weighted by Gasteiger charge is 2.22. The van der Waals surface area contributed by atoms with Crippen LogP contribution in [0.1, 0.15) is 33.1 Å². The van der Waals surface area contributed by atoms with Gasteiger partial charge in [0.15, 0.2) is 0 Å². The van der Waals surface area contributed by atoms with Crippen molar-refractivity contribution < 1.29 is 4.79 Å². The molecule has 5 heteroatoms. The molecule has 1 aromatic rings. The number of carbonyl (C=O) groups excluding carboxylic acids is 1. The second kappa shape index (κ2) is 5.57. The van der Waals surface area contributed by atoms with Crippen molar-refractivity contribution >= 4 is 17.4 Å². The third-order valence-electron chi connectivity index (χ3n) is 3.30. The van der Waals surface area contributed by atoms with Crippen LogP contribution >= 0.6 is 0 Å². The summed E-state index contributed by atoms with van der Waals surface area (Å²) in [6.07, 6.45) is 5.59. The predicted octanol–water partition coefficient (Wildman–Crippen LogP) is 1.75. The summed E-state index contributed by atoms with van der Waals surface area (Å²) >= 11 is 0. The molecule has 0 bridgehead atoms. The fraction of sp³-hybridized carbons (Fsp3) is 0.571. The molecule has 0 unspecified atom stereocenters. The molecule has 1 saturated heterocycles. The number of hydrogen-bond donors (Lipinski definition) is 2. The average Bonchev–Trinajstić information content (AvgIpc) is 2.39. The van der Waals surface area contributed by atoms with Crippen molar-refractivity contribution in [2.24, 2.45) is 5.73 Å². The van der Waals surface area contributed by atoms with Crippen molar-refractivity contribution in [2.75, 3.05) is 23.3 Å². The summed E-state index contributed by atoms with van der Waals surface area (Å²) in [5.41, 5.74) is 5.95. The average molecular weight is 262 g/mol. The molecule has 5 nitrogen and oxygen atoms in total. The van der Waals surface area contributed by atoms with Gasteiger partial charge >= 0.3 is 0 Å². The van der Waals surface area contributed by atoms with Gasteiger partial charge in [-0.25, -0.2) is 4.98 Å². The highest BCUT2D eigenvalue weighted by atomic mass is 16.2. The molecule has 0 radical (unpaired) electrons. The first kappa shape index (κ1) is 13.8. The minimum atomic E-state index is -0.896. The topological polar surface area (TPSA) is 71.2 Å². The zero-order chi connectivity index (χ0) is 13.9. The number of aromatic nitrogens is 1. The molecular weight excluding hydrogens is 240 g/mol. The van der Waals surface area contributed by atoms with Gasteiger partial charge < -0.3 is 16.0 Å². The van der Waals surface area contributed by atoms with Crippen LogP contribution in [0.25, 0.3) is 0 Å². The van der Waals surface area contributed by atoms with Crippen LogP contribution in [-0.4, -0.2) is 29.5 Å². The minimum Gasteiger partial charge on any atom is -0.370 e. The lowest BCUT2D eigenvalue weighted by Crippen LogP contribution is -2.45. The van der Waals surface area contributed by atoms with Crippen LogP contribution in [0.3, 0.4) is 0 Å². The molecule has 0 atom stereocenters. The number of piperidine rings is 1. The quantitative estimate of drug-likeness (QED) is 0.870. The van der Waals surface area contributed by atoms with E-state index in [9.17, 15) is 4.79 Å². The van der Waals surface area contributed by atoms with Crippen LogP contribution in [0.5, 0.6) is 0 Å². The first-order valence-electron chi connectivity index (χ1n) is 6.78. The molecule has 0 saturated carbocycles. The van der Waals surface area contributed by atoms with Crippen LogP contribution in [0, 0.1) is 0 Å². The molecule has 1 fully saturated rings. The van der Waals surface area contributed by atoms with Crippen LogP contribution < -0.4 is 16.0 Å². The second-order valence-electron chi connectivity index (χ2n) is 5.63. The summed E-state index contributed by atoms with van der Waals surface area (Å²) in [6, 6.07) is 3.82. The van der Waals surface area contributed by atoms with Gasteiger partial charge in [-0.05, 0) is 45.2 Å². The molecule has 104 valence electrons. The number of carbonyl (C=O) groups is 1. The summed E-state index contributed by atoms with van der Waals surface area (Å²) in [7, 11) is 0. The SMILES string of the molecule is CC(C)(N)C(=O)Nc1ccc(N2CCCCC2)cn1. The third kappa shape index (κ3) is 3.67. The Morgan fingerprint density at radius 2 is 2.00 bits per heavy atom. The number of nitrogens with zero attached hydrogens (tertiary/aromatic N) is 2. The molecule has 0 aromatic carbocycles. The number of pyridine rings is 1. The second-order valence-corrected chi connectivity index (χ2v) is 5.63. The van der Waals surface area contributed by atoms with E-state index in [1.165, 1.54) is 19.3 Å². The minimum absolute atomic E-state index is 0.231. The van der Waals surface area contributed by atoms with Crippen molar-refractivity contribution in [3.63, 3.8) is 0 Å². The van der Waals surface area contributed by atoms with E-state index in [4.69, 9.17) is 5.73 Å². The standard InChI is InChI=1S/C14H22N4O/c1-14(2,15)13(19)17-12-7-6-11(10-16-12)18-8-4-3-5-9-18/h6-7,10H,3-5,8-9,15H2,1-2H3,(H,16,17,19). The Kier molecular flexibility index (Phi) is 4.04. The Labute approximate surface area is 114 Å². The van der Waals surface area contributed by atoms with Crippen LogP contribution in [0.4, 0.5) is 11.5 Å². The highest BCUT2D eigenvalue weighted by Crippen LogP contribution is 2.20. The smallest absolute Gasteiger partial charge is 0.245 e. The van der Waals surface area contributed by atoms with Crippen molar-refractivity contribution in [3.8, 4) is 0 Å². The van der Waals surface area contributed by atoms with Gasteiger partial charge in [0.1, 0.15) is 5.82 Å². The number of anilines is 2. The molecule has 3 N–H and O–H groups in total. The number of amides is 1. The van der Waals surface area contributed by atoms with Gasteiger partial charge in [-0.2, -0.15) is 0 Å². The summed E-state index contributed by atoms with van der Waals surface area (Å²) < 4.78 is 0. The summed E-state index contributed by atoms with van der Waals surface area (Å²) in [6.45, 7) is 5.52. The lowest BCUT2D eigenvalue weighted by atomic mass is 10.1. The Balaban J connectivity index is 2.00. The van der Waals surface area contributed by atoms with Gasteiger partial charge in [-0.15, -0.1) is 0 Å². The van der Waals surface area contributed by atoms with Gasteiger partial charge in [0.25, 0.3) is 0 Å². The van der Waals surface area contributed by atoms with Crippen molar-refractivity contribution in [2.45, 2.75) is 38.6 Å². The monoisotopic (exact) mass is 262 g/mol. The fourth-order valence-electron chi connectivity index (χ4n) is 2.08. The van der Waals surface area contributed by atoms with Crippen LogP contribution in [0.15, 0.2) is 18.3 Å². The molecule has 1 amide bonds. The van der Waals surface area contributed by atoms with E-state index in [0.29, 0.717) is 5.82 Å². The summed E-state index contributed by atoms with van der Waals surface area (Å²) in [5, 5.41) is 2.72. The maximum atomic E-state index is 11.7. The molecule has 1 aromatic heterocycles. The summed E-state index contributed by atoms with van der Waals surface area (Å²) in [4.78, 5) is 18.3. The van der Waals surface area contributed by atoms with Crippen molar-refractivity contribution in [3.05, 3.63) is 18.3 Å². The largest absolute Gasteiger partial charge is 0.370 e. The van der Waals surface area contributed by atoms with E-state index in [2.05, 4.69) is 15.2 Å². The normalized spacial score (nSPS) is 16.3. The number of hydrogen-bond acceptors (Lipinski definition) is 4. The van der Waals surface area contributed by atoms with Crippen LogP contribution in [-0.2, 0) is 4.79 Å². The predicted molar refractivity (Wildman–Crippen MR) is 77.2 cm³/mol. The maximum absolute atomic E-state index is 11.7. The molecule has 2 heterocycles. The third-order valence-corrected chi connectivity index (χ3v) is 3.30. The van der Waals surface area contributed by atoms with Gasteiger partial charge in [0.2, 0.25) is 5.91 Å². The van der Waals surface area contributed by atoms with E-state index < -0.39 is 5.54 Å². The Morgan fingerprint density at radius 1 is 1.32 bits per heavy atom. The molecule has 1 aliphatic heterocycles. The van der Waals surface area contributed by atoms with Crippen molar-refractivity contribution in [1.82, 2.24) is 4.98 Å². The van der Waals surface area contributed by atoms with E-state index in [1.807, 2.05) is 18.3 Å². The Bertz CT molecular complexity index is 430. The lowest BCUT2D eigenvalue weighted by molar-refractivity contribution is -0.120.